The predicted octanol–water partition coefficient (Wildman–Crippen LogP) is 4.39. The van der Waals surface area contributed by atoms with Crippen LogP contribution in [-0.2, 0) is 38.2 Å². The average molecular weight is 551 g/mol. The molecular weight excluding hydrogens is 523 g/mol. The molecule has 40 heavy (non-hydrogen) atoms. The Hall–Kier alpha value is -4.45. The van der Waals surface area contributed by atoms with E-state index < -0.39 is 11.7 Å². The number of hydrogen-bond donors (Lipinski definition) is 1. The number of benzene rings is 1. The van der Waals surface area contributed by atoms with Crippen molar-refractivity contribution in [3.8, 4) is 0 Å². The Morgan fingerprint density at radius 1 is 1.23 bits per heavy atom. The van der Waals surface area contributed by atoms with Crippen molar-refractivity contribution >= 4 is 34.0 Å². The number of carbonyl (C=O) groups is 1. The zero-order valence-corrected chi connectivity index (χ0v) is 22.3. The number of pyridine rings is 2. The zero-order valence-electron chi connectivity index (χ0n) is 22.3. The number of alkyl halides is 3. The molecule has 4 aromatic heterocycles. The molecule has 1 aliphatic heterocycles. The maximum Gasteiger partial charge on any atom is 0.417 e. The summed E-state index contributed by atoms with van der Waals surface area (Å²) in [5, 5.41) is 0.794. The van der Waals surface area contributed by atoms with E-state index >= 15 is 0 Å². The van der Waals surface area contributed by atoms with Gasteiger partial charge in [-0.2, -0.15) is 17.9 Å². The Kier molecular flexibility index (Phi) is 5.84. The highest BCUT2D eigenvalue weighted by molar-refractivity contribution is 6.08. The number of nitrogens with two attached hydrogens (primary N) is 1. The standard InChI is InChI=1S/C28H26F3N7O2/c1-15-23(13-35(3)36(15)4)38(12-19-11-37-10-18(28(29,30)31)6-8-24(37)33-19)27(39)17-5-7-22-20(9-17)21-14-40-16(2)25(21)26(32)34-22/h5-11,13,16H,12,14H2,1-4H3,(H-,32,34,39)/p+1/t16-/m1/s1. The number of aromatic nitrogens is 5. The fraction of sp³-hybridized carbons (Fsp3) is 0.286. The van der Waals surface area contributed by atoms with Crippen molar-refractivity contribution in [2.75, 3.05) is 10.6 Å². The SMILES string of the molecule is Cc1c(N(Cc2cn3cc(C(F)(F)F)ccc3n2)C(=O)c2ccc3nc(N)c4c(c3c2)CO[C@@H]4C)c[n+](C)n1C. The number of anilines is 2. The van der Waals surface area contributed by atoms with E-state index in [0.29, 0.717) is 40.5 Å². The van der Waals surface area contributed by atoms with Crippen LogP contribution in [0.3, 0.4) is 0 Å². The van der Waals surface area contributed by atoms with Crippen LogP contribution in [0.2, 0.25) is 0 Å². The molecular formula is C28H27F3N7O2+. The fourth-order valence-corrected chi connectivity index (χ4v) is 5.30. The van der Waals surface area contributed by atoms with Crippen LogP contribution in [0.5, 0.6) is 0 Å². The van der Waals surface area contributed by atoms with Gasteiger partial charge in [0.05, 0.1) is 43.1 Å². The number of nitrogens with zero attached hydrogens (tertiary/aromatic N) is 6. The van der Waals surface area contributed by atoms with Gasteiger partial charge in [-0.1, -0.05) is 0 Å². The molecule has 1 aliphatic rings. The number of halogens is 3. The van der Waals surface area contributed by atoms with Gasteiger partial charge in [0, 0.05) is 28.9 Å². The largest absolute Gasteiger partial charge is 0.417 e. The van der Waals surface area contributed by atoms with Gasteiger partial charge in [-0.05, 0) is 49.7 Å². The summed E-state index contributed by atoms with van der Waals surface area (Å²) in [6.45, 7) is 4.23. The van der Waals surface area contributed by atoms with E-state index in [9.17, 15) is 18.0 Å². The van der Waals surface area contributed by atoms with Crippen molar-refractivity contribution < 1.29 is 27.4 Å². The third kappa shape index (κ3) is 4.15. The molecule has 9 nitrogen and oxygen atoms in total. The number of nitrogen functional groups attached to an aromatic ring is 1. The highest BCUT2D eigenvalue weighted by Gasteiger charge is 2.32. The highest BCUT2D eigenvalue weighted by Crippen LogP contribution is 2.38. The highest BCUT2D eigenvalue weighted by atomic mass is 19.4. The van der Waals surface area contributed by atoms with Gasteiger partial charge in [0.2, 0.25) is 6.20 Å². The number of aryl methyl sites for hydroxylation is 1. The Labute approximate surface area is 227 Å². The summed E-state index contributed by atoms with van der Waals surface area (Å²) in [6.07, 6.45) is -0.321. The van der Waals surface area contributed by atoms with Crippen molar-refractivity contribution in [1.29, 1.82) is 0 Å². The second-order valence-electron chi connectivity index (χ2n) is 10.1. The summed E-state index contributed by atoms with van der Waals surface area (Å²) in [6, 6.07) is 7.58. The molecule has 0 spiro atoms. The molecule has 2 N–H and O–H groups in total. The second kappa shape index (κ2) is 9.05. The molecule has 1 atom stereocenters. The summed E-state index contributed by atoms with van der Waals surface area (Å²) >= 11 is 0. The van der Waals surface area contributed by atoms with Gasteiger partial charge in [0.15, 0.2) is 7.05 Å². The van der Waals surface area contributed by atoms with Crippen LogP contribution in [-0.4, -0.2) is 25.0 Å². The molecule has 0 bridgehead atoms. The minimum atomic E-state index is -4.48. The number of ether oxygens (including phenoxy) is 1. The minimum Gasteiger partial charge on any atom is -0.383 e. The first kappa shape index (κ1) is 25.8. The predicted molar refractivity (Wildman–Crippen MR) is 141 cm³/mol. The van der Waals surface area contributed by atoms with Gasteiger partial charge in [0.1, 0.15) is 22.8 Å². The lowest BCUT2D eigenvalue weighted by Gasteiger charge is -2.20. The summed E-state index contributed by atoms with van der Waals surface area (Å²) in [4.78, 5) is 24.8. The van der Waals surface area contributed by atoms with E-state index in [2.05, 4.69) is 9.97 Å². The number of fused-ring (bicyclic) bond motifs is 4. The normalized spacial score (nSPS) is 15.2. The van der Waals surface area contributed by atoms with Crippen molar-refractivity contribution in [1.82, 2.24) is 19.1 Å². The molecule has 1 amide bonds. The van der Waals surface area contributed by atoms with Gasteiger partial charge in [0.25, 0.3) is 5.91 Å². The molecule has 0 fully saturated rings. The first-order valence-electron chi connectivity index (χ1n) is 12.6. The monoisotopic (exact) mass is 550 g/mol. The van der Waals surface area contributed by atoms with Crippen molar-refractivity contribution in [3.63, 3.8) is 0 Å². The number of amides is 1. The lowest BCUT2D eigenvalue weighted by molar-refractivity contribution is -0.751. The summed E-state index contributed by atoms with van der Waals surface area (Å²) < 4.78 is 50.6. The Morgan fingerprint density at radius 2 is 2.00 bits per heavy atom. The zero-order chi connectivity index (χ0) is 28.5. The lowest BCUT2D eigenvalue weighted by Crippen LogP contribution is -2.36. The molecule has 0 saturated heterocycles. The van der Waals surface area contributed by atoms with Gasteiger partial charge < -0.3 is 14.9 Å². The van der Waals surface area contributed by atoms with Crippen LogP contribution < -0.4 is 15.3 Å². The van der Waals surface area contributed by atoms with Crippen molar-refractivity contribution in [3.05, 3.63) is 82.6 Å². The Morgan fingerprint density at radius 3 is 2.70 bits per heavy atom. The van der Waals surface area contributed by atoms with E-state index in [-0.39, 0.29) is 18.6 Å². The van der Waals surface area contributed by atoms with E-state index in [0.717, 1.165) is 34.5 Å². The number of carbonyl (C=O) groups excluding carboxylic acids is 1. The molecule has 206 valence electrons. The number of imidazole rings is 1. The summed E-state index contributed by atoms with van der Waals surface area (Å²) in [5.74, 6) is 0.128. The van der Waals surface area contributed by atoms with Crippen LogP contribution in [0.15, 0.2) is 48.9 Å². The van der Waals surface area contributed by atoms with E-state index in [1.807, 2.05) is 43.5 Å². The van der Waals surface area contributed by atoms with Crippen LogP contribution in [0, 0.1) is 6.92 Å². The molecule has 1 aromatic carbocycles. The third-order valence-corrected chi connectivity index (χ3v) is 7.62. The van der Waals surface area contributed by atoms with Crippen LogP contribution in [0.25, 0.3) is 16.6 Å². The first-order valence-corrected chi connectivity index (χ1v) is 12.6. The first-order chi connectivity index (χ1) is 18.9. The molecule has 0 saturated carbocycles. The van der Waals surface area contributed by atoms with E-state index in [4.69, 9.17) is 10.5 Å². The summed E-state index contributed by atoms with van der Waals surface area (Å²) in [5.41, 5.74) is 10.5. The molecule has 12 heteroatoms. The van der Waals surface area contributed by atoms with Gasteiger partial charge in [-0.15, -0.1) is 4.68 Å². The van der Waals surface area contributed by atoms with E-state index in [1.165, 1.54) is 16.7 Å². The van der Waals surface area contributed by atoms with Crippen LogP contribution >= 0.6 is 0 Å². The summed E-state index contributed by atoms with van der Waals surface area (Å²) in [7, 11) is 3.74. The average Bonchev–Trinajstić information content (AvgIpc) is 3.58. The van der Waals surface area contributed by atoms with Crippen molar-refractivity contribution in [2.45, 2.75) is 39.3 Å². The van der Waals surface area contributed by atoms with Crippen LogP contribution in [0.4, 0.5) is 24.7 Å². The van der Waals surface area contributed by atoms with Gasteiger partial charge >= 0.3 is 6.18 Å². The topological polar surface area (TPSA) is 94.6 Å². The Bertz CT molecular complexity index is 1820. The van der Waals surface area contributed by atoms with Crippen molar-refractivity contribution in [2.24, 2.45) is 14.1 Å². The van der Waals surface area contributed by atoms with Crippen LogP contribution in [0.1, 0.15) is 51.5 Å². The molecule has 5 aromatic rings. The maximum absolute atomic E-state index is 14.1. The second-order valence-corrected chi connectivity index (χ2v) is 10.1. The molecule has 5 heterocycles. The van der Waals surface area contributed by atoms with Gasteiger partial charge in [-0.25, -0.2) is 9.97 Å². The molecule has 6 rings (SSSR count). The number of hydrogen-bond acceptors (Lipinski definition) is 5. The van der Waals surface area contributed by atoms with E-state index in [1.54, 1.807) is 23.1 Å². The third-order valence-electron chi connectivity index (χ3n) is 7.62. The molecule has 0 unspecified atom stereocenters. The minimum absolute atomic E-state index is 0.0446. The maximum atomic E-state index is 14.1. The lowest BCUT2D eigenvalue weighted by atomic mass is 10.00. The molecule has 0 radical (unpaired) electrons. The number of rotatable bonds is 4. The van der Waals surface area contributed by atoms with Gasteiger partial charge in [-0.3, -0.25) is 9.69 Å². The fourth-order valence-electron chi connectivity index (χ4n) is 5.30. The Balaban J connectivity index is 1.44. The molecule has 0 aliphatic carbocycles. The quantitative estimate of drug-likeness (QED) is 0.335. The smallest absolute Gasteiger partial charge is 0.383 e.